The first kappa shape index (κ1) is 14.4. The van der Waals surface area contributed by atoms with Gasteiger partial charge in [-0.2, -0.15) is 9.97 Å². The predicted octanol–water partition coefficient (Wildman–Crippen LogP) is 3.05. The molecule has 1 aromatic heterocycles. The quantitative estimate of drug-likeness (QED) is 0.923. The molecule has 2 aliphatic rings. The maximum Gasteiger partial charge on any atom is 0.244 e. The molecule has 0 radical (unpaired) electrons. The number of nitrogens with zero attached hydrogens (tertiary/aromatic N) is 2. The molecule has 1 aromatic rings. The number of hydrogen-bond acceptors (Lipinski definition) is 5. The summed E-state index contributed by atoms with van der Waals surface area (Å²) in [5, 5.41) is 0. The van der Waals surface area contributed by atoms with Gasteiger partial charge < -0.3 is 15.2 Å². The van der Waals surface area contributed by atoms with E-state index in [1.165, 1.54) is 19.2 Å². The zero-order chi connectivity index (χ0) is 15.3. The van der Waals surface area contributed by atoms with Crippen LogP contribution in [-0.4, -0.2) is 22.7 Å². The summed E-state index contributed by atoms with van der Waals surface area (Å²) < 4.78 is 11.6. The van der Waals surface area contributed by atoms with Crippen molar-refractivity contribution in [2.24, 2.45) is 16.7 Å². The van der Waals surface area contributed by atoms with Crippen LogP contribution < -0.4 is 15.2 Å². The maximum absolute atomic E-state index is 6.21. The zero-order valence-electron chi connectivity index (χ0n) is 13.3. The van der Waals surface area contributed by atoms with Crippen molar-refractivity contribution in [3.05, 3.63) is 6.33 Å². The van der Waals surface area contributed by atoms with Crippen LogP contribution in [0.1, 0.15) is 47.0 Å². The van der Waals surface area contributed by atoms with Crippen LogP contribution in [0.5, 0.6) is 11.8 Å². The molecule has 2 bridgehead atoms. The molecule has 0 amide bonds. The molecular weight excluding hydrogens is 266 g/mol. The van der Waals surface area contributed by atoms with E-state index < -0.39 is 0 Å². The van der Waals surface area contributed by atoms with Crippen LogP contribution in [0.2, 0.25) is 0 Å². The second-order valence-corrected chi connectivity index (χ2v) is 7.05. The molecule has 2 N–H and O–H groups in total. The molecule has 116 valence electrons. The third kappa shape index (κ3) is 1.97. The van der Waals surface area contributed by atoms with Crippen molar-refractivity contribution in [1.82, 2.24) is 9.97 Å². The van der Waals surface area contributed by atoms with Crippen molar-refractivity contribution < 1.29 is 9.47 Å². The maximum atomic E-state index is 6.21. The molecule has 0 aromatic carbocycles. The fourth-order valence-corrected chi connectivity index (χ4v) is 4.15. The molecule has 21 heavy (non-hydrogen) atoms. The van der Waals surface area contributed by atoms with Crippen LogP contribution in [0.3, 0.4) is 0 Å². The lowest BCUT2D eigenvalue weighted by molar-refractivity contribution is 0.0276. The van der Waals surface area contributed by atoms with Crippen molar-refractivity contribution in [1.29, 1.82) is 0 Å². The number of hydrogen-bond donors (Lipinski definition) is 1. The van der Waals surface area contributed by atoms with Gasteiger partial charge in [-0.3, -0.25) is 0 Å². The molecule has 3 unspecified atom stereocenters. The summed E-state index contributed by atoms with van der Waals surface area (Å²) in [5.41, 5.74) is 6.98. The summed E-state index contributed by atoms with van der Waals surface area (Å²) in [7, 11) is 0. The van der Waals surface area contributed by atoms with Crippen molar-refractivity contribution >= 4 is 5.69 Å². The number of rotatable bonds is 4. The Morgan fingerprint density at radius 2 is 2.00 bits per heavy atom. The zero-order valence-corrected chi connectivity index (χ0v) is 13.3. The van der Waals surface area contributed by atoms with E-state index in [1.807, 2.05) is 6.92 Å². The van der Waals surface area contributed by atoms with Gasteiger partial charge >= 0.3 is 0 Å². The van der Waals surface area contributed by atoms with E-state index in [9.17, 15) is 0 Å². The second-order valence-electron chi connectivity index (χ2n) is 7.05. The molecule has 5 heteroatoms. The van der Waals surface area contributed by atoms with Gasteiger partial charge in [-0.05, 0) is 37.5 Å². The molecule has 1 heterocycles. The highest BCUT2D eigenvalue weighted by Gasteiger charge is 2.62. The number of nitrogens with two attached hydrogens (primary N) is 1. The van der Waals surface area contributed by atoms with Crippen LogP contribution in [-0.2, 0) is 0 Å². The minimum atomic E-state index is 0.165. The number of ether oxygens (including phenoxy) is 2. The number of anilines is 1. The number of fused-ring (bicyclic) bond motifs is 2. The highest BCUT2D eigenvalue weighted by atomic mass is 16.5. The van der Waals surface area contributed by atoms with Gasteiger partial charge in [-0.15, -0.1) is 0 Å². The summed E-state index contributed by atoms with van der Waals surface area (Å²) in [4.78, 5) is 8.27. The van der Waals surface area contributed by atoms with Crippen molar-refractivity contribution in [3.8, 4) is 11.8 Å². The van der Waals surface area contributed by atoms with E-state index >= 15 is 0 Å². The minimum Gasteiger partial charge on any atom is -0.476 e. The van der Waals surface area contributed by atoms with Gasteiger partial charge in [-0.25, -0.2) is 0 Å². The van der Waals surface area contributed by atoms with Crippen LogP contribution in [0, 0.1) is 16.7 Å². The van der Waals surface area contributed by atoms with Gasteiger partial charge in [0.2, 0.25) is 11.8 Å². The SMILES string of the molecule is CCOc1ncnc(OC2CC3CCC2(C)C3(C)C)c1N. The molecule has 0 spiro atoms. The molecule has 0 saturated heterocycles. The fourth-order valence-electron chi connectivity index (χ4n) is 4.15. The summed E-state index contributed by atoms with van der Waals surface area (Å²) in [6.45, 7) is 9.50. The van der Waals surface area contributed by atoms with Gasteiger partial charge in [0.25, 0.3) is 0 Å². The third-order valence-electron chi connectivity index (χ3n) is 6.06. The van der Waals surface area contributed by atoms with E-state index in [-0.39, 0.29) is 11.5 Å². The van der Waals surface area contributed by atoms with Gasteiger partial charge in [0.05, 0.1) is 6.61 Å². The van der Waals surface area contributed by atoms with Crippen molar-refractivity contribution in [2.45, 2.75) is 53.1 Å². The summed E-state index contributed by atoms with van der Waals surface area (Å²) in [6, 6.07) is 0. The molecule has 2 saturated carbocycles. The standard InChI is InChI=1S/C16H25N3O2/c1-5-20-13-12(17)14(19-9-18-13)21-11-8-10-6-7-16(11,4)15(10,2)3/h9-11H,5-8,17H2,1-4H3. The number of nitrogen functional groups attached to an aromatic ring is 1. The monoisotopic (exact) mass is 291 g/mol. The Morgan fingerprint density at radius 1 is 1.29 bits per heavy atom. The van der Waals surface area contributed by atoms with Crippen molar-refractivity contribution in [2.75, 3.05) is 12.3 Å². The predicted molar refractivity (Wildman–Crippen MR) is 81.3 cm³/mol. The van der Waals surface area contributed by atoms with E-state index in [4.69, 9.17) is 15.2 Å². The van der Waals surface area contributed by atoms with E-state index in [0.717, 1.165) is 12.3 Å². The normalized spacial score (nSPS) is 33.1. The average Bonchev–Trinajstić information content (AvgIpc) is 2.76. The molecular formula is C16H25N3O2. The summed E-state index contributed by atoms with van der Waals surface area (Å²) in [5.74, 6) is 1.60. The minimum absolute atomic E-state index is 0.165. The first-order valence-electron chi connectivity index (χ1n) is 7.80. The lowest BCUT2D eigenvalue weighted by atomic mass is 9.70. The Hall–Kier alpha value is -1.52. The van der Waals surface area contributed by atoms with Crippen LogP contribution in [0.25, 0.3) is 0 Å². The Balaban J connectivity index is 1.84. The number of aromatic nitrogens is 2. The van der Waals surface area contributed by atoms with E-state index in [0.29, 0.717) is 29.5 Å². The first-order chi connectivity index (χ1) is 9.90. The van der Waals surface area contributed by atoms with Crippen LogP contribution >= 0.6 is 0 Å². The smallest absolute Gasteiger partial charge is 0.244 e. The molecule has 2 fully saturated rings. The highest BCUT2D eigenvalue weighted by molar-refractivity contribution is 5.55. The Kier molecular flexibility index (Phi) is 3.26. The highest BCUT2D eigenvalue weighted by Crippen LogP contribution is 2.66. The van der Waals surface area contributed by atoms with Gasteiger partial charge in [0.15, 0.2) is 5.69 Å². The van der Waals surface area contributed by atoms with Crippen LogP contribution in [0.4, 0.5) is 5.69 Å². The molecule has 5 nitrogen and oxygen atoms in total. The van der Waals surface area contributed by atoms with Crippen LogP contribution in [0.15, 0.2) is 6.33 Å². The third-order valence-corrected chi connectivity index (χ3v) is 6.06. The summed E-state index contributed by atoms with van der Waals surface area (Å²) in [6.07, 6.45) is 5.21. The van der Waals surface area contributed by atoms with Gasteiger partial charge in [-0.1, -0.05) is 20.8 Å². The lowest BCUT2D eigenvalue weighted by Gasteiger charge is -2.38. The molecule has 0 aliphatic heterocycles. The second kappa shape index (κ2) is 4.75. The fraction of sp³-hybridized carbons (Fsp3) is 0.750. The molecule has 3 atom stereocenters. The Morgan fingerprint density at radius 3 is 2.57 bits per heavy atom. The van der Waals surface area contributed by atoms with E-state index in [2.05, 4.69) is 30.7 Å². The Labute approximate surface area is 126 Å². The van der Waals surface area contributed by atoms with Gasteiger partial charge in [0, 0.05) is 5.41 Å². The topological polar surface area (TPSA) is 70.3 Å². The largest absolute Gasteiger partial charge is 0.476 e. The van der Waals surface area contributed by atoms with E-state index in [1.54, 1.807) is 0 Å². The molecule has 3 rings (SSSR count). The van der Waals surface area contributed by atoms with Crippen molar-refractivity contribution in [3.63, 3.8) is 0 Å². The van der Waals surface area contributed by atoms with Gasteiger partial charge in [0.1, 0.15) is 12.4 Å². The average molecular weight is 291 g/mol. The molecule has 2 aliphatic carbocycles. The Bertz CT molecular complexity index is 546. The lowest BCUT2D eigenvalue weighted by Crippen LogP contribution is -2.39. The first-order valence-corrected chi connectivity index (χ1v) is 7.80. The summed E-state index contributed by atoms with van der Waals surface area (Å²) >= 11 is 0.